The number of carbonyl (C=O) groups excluding carboxylic acids is 4. The Morgan fingerprint density at radius 3 is 1.10 bits per heavy atom. The smallest absolute Gasteiger partial charge is 0.220 e. The second-order valence-electron chi connectivity index (χ2n) is 7.04. The zero-order chi connectivity index (χ0) is 21.4. The van der Waals surface area contributed by atoms with Crippen LogP contribution in [0.5, 0.6) is 0 Å². The zero-order valence-electron chi connectivity index (χ0n) is 17.4. The van der Waals surface area contributed by atoms with E-state index in [0.717, 1.165) is 51.9 Å². The maximum absolute atomic E-state index is 10.6. The van der Waals surface area contributed by atoms with Gasteiger partial charge in [-0.15, -0.1) is 0 Å². The van der Waals surface area contributed by atoms with E-state index in [0.29, 0.717) is 12.8 Å². The minimum absolute atomic E-state index is 0. The van der Waals surface area contributed by atoms with Crippen LogP contribution in [0, 0.1) is 11.8 Å². The summed E-state index contributed by atoms with van der Waals surface area (Å²) in [4.78, 5) is 40.7. The van der Waals surface area contributed by atoms with Crippen molar-refractivity contribution in [2.24, 2.45) is 23.3 Å². The molecule has 12 heteroatoms. The second-order valence-corrected chi connectivity index (χ2v) is 7.04. The van der Waals surface area contributed by atoms with Crippen LogP contribution in [0.3, 0.4) is 0 Å². The van der Waals surface area contributed by atoms with Crippen molar-refractivity contribution in [1.29, 1.82) is 0 Å². The number of nitrogens with two attached hydrogens (primary N) is 4. The van der Waals surface area contributed by atoms with Crippen LogP contribution >= 0.6 is 0 Å². The van der Waals surface area contributed by atoms with Crippen LogP contribution in [0.2, 0.25) is 0 Å². The number of unbranched alkanes of at least 4 members (excludes halogenated alkanes) is 1. The number of primary amides is 2. The maximum Gasteiger partial charge on any atom is 0.220 e. The molecule has 0 radical (unpaired) electrons. The molecule has 0 aromatic rings. The van der Waals surface area contributed by atoms with Crippen LogP contribution < -0.4 is 32.3 Å². The number of hydrogen-bond donors (Lipinski definition) is 4. The van der Waals surface area contributed by atoms with Gasteiger partial charge in [0.05, 0.1) is 26.2 Å². The Balaban J connectivity index is -0.000000353. The Labute approximate surface area is 176 Å². The van der Waals surface area contributed by atoms with Crippen molar-refractivity contribution in [2.45, 2.75) is 51.4 Å². The first-order valence-electron chi connectivity index (χ1n) is 9.85. The van der Waals surface area contributed by atoms with E-state index in [1.807, 2.05) is 0 Å². The summed E-state index contributed by atoms with van der Waals surface area (Å²) in [6.07, 6.45) is 4.41. The van der Waals surface area contributed by atoms with Gasteiger partial charge in [-0.05, 0) is 25.7 Å². The summed E-state index contributed by atoms with van der Waals surface area (Å²) in [5.41, 5.74) is 10.2. The van der Waals surface area contributed by atoms with E-state index in [9.17, 15) is 29.4 Å². The second kappa shape index (κ2) is 20.0. The molecule has 2 aliphatic rings. The van der Waals surface area contributed by atoms with Gasteiger partial charge in [0.25, 0.3) is 0 Å². The molecule has 178 valence electrons. The molecule has 12 nitrogen and oxygen atoms in total. The molecule has 2 amide bonds. The van der Waals surface area contributed by atoms with Crippen LogP contribution in [0.1, 0.15) is 51.4 Å². The molecule has 0 saturated carbocycles. The standard InChI is InChI=1S/2C6H12N2O.C6H10O4.2H2O/c2*7-6(9)5-1-3-8-4-2-5;7-5(8)3-1-2-4-6(9)10;;/h2*5,8H,1-4H2,(H2,7,9);1-4H2,(H,7,8)(H,9,10);2*1H2. The van der Waals surface area contributed by atoms with E-state index in [1.165, 1.54) is 0 Å². The van der Waals surface area contributed by atoms with Gasteiger partial charge in [-0.1, -0.05) is 0 Å². The first-order valence-corrected chi connectivity index (χ1v) is 9.85. The van der Waals surface area contributed by atoms with E-state index in [4.69, 9.17) is 11.5 Å². The first kappa shape index (κ1) is 32.4. The quantitative estimate of drug-likeness (QED) is 0.280. The van der Waals surface area contributed by atoms with E-state index in [-0.39, 0.29) is 47.4 Å². The van der Waals surface area contributed by atoms with Gasteiger partial charge in [0.15, 0.2) is 0 Å². The highest BCUT2D eigenvalue weighted by molar-refractivity contribution is 5.76. The van der Waals surface area contributed by atoms with E-state index in [1.54, 1.807) is 0 Å². The number of amides is 2. The molecule has 0 aromatic carbocycles. The molecule has 2 heterocycles. The SMILES string of the molecule is NC(=O)C1CC[NH2+]CC1.NC(=O)C1CC[NH2+]CC1.O.O.O=C([O-])CCCCC(=O)[O-]. The van der Waals surface area contributed by atoms with Crippen molar-refractivity contribution in [3.05, 3.63) is 0 Å². The highest BCUT2D eigenvalue weighted by Crippen LogP contribution is 2.07. The number of aliphatic carboxylic acids is 2. The van der Waals surface area contributed by atoms with Crippen LogP contribution in [-0.2, 0) is 19.2 Å². The fourth-order valence-corrected chi connectivity index (χ4v) is 2.96. The number of rotatable bonds is 7. The minimum Gasteiger partial charge on any atom is -0.550 e. The lowest BCUT2D eigenvalue weighted by Crippen LogP contribution is -2.86. The Kier molecular flexibility index (Phi) is 21.6. The number of piperidine rings is 2. The molecule has 0 unspecified atom stereocenters. The molecule has 0 aliphatic carbocycles. The molecule has 2 aliphatic heterocycles. The van der Waals surface area contributed by atoms with Gasteiger partial charge in [-0.2, -0.15) is 0 Å². The summed E-state index contributed by atoms with van der Waals surface area (Å²) in [5.74, 6) is -2.20. The van der Waals surface area contributed by atoms with Gasteiger partial charge in [0.2, 0.25) is 11.8 Å². The Morgan fingerprint density at radius 1 is 0.667 bits per heavy atom. The molecule has 2 fully saturated rings. The van der Waals surface area contributed by atoms with Crippen LogP contribution in [-0.4, -0.2) is 60.9 Å². The fourth-order valence-electron chi connectivity index (χ4n) is 2.96. The molecule has 30 heavy (non-hydrogen) atoms. The van der Waals surface area contributed by atoms with Crippen LogP contribution in [0.25, 0.3) is 0 Å². The third kappa shape index (κ3) is 19.1. The molecule has 0 atom stereocenters. The van der Waals surface area contributed by atoms with E-state index >= 15 is 0 Å². The fraction of sp³-hybridized carbons (Fsp3) is 0.778. The number of carbonyl (C=O) groups is 4. The van der Waals surface area contributed by atoms with Crippen molar-refractivity contribution in [2.75, 3.05) is 26.2 Å². The van der Waals surface area contributed by atoms with Gasteiger partial charge in [-0.3, -0.25) is 9.59 Å². The monoisotopic (exact) mass is 438 g/mol. The Morgan fingerprint density at radius 2 is 0.933 bits per heavy atom. The number of hydrogen-bond acceptors (Lipinski definition) is 6. The van der Waals surface area contributed by atoms with Crippen molar-refractivity contribution < 1.29 is 51.0 Å². The number of quaternary nitrogens is 2. The lowest BCUT2D eigenvalue weighted by atomic mass is 9.98. The first-order chi connectivity index (χ1) is 13.2. The molecule has 0 spiro atoms. The van der Waals surface area contributed by atoms with Crippen molar-refractivity contribution >= 4 is 23.8 Å². The molecule has 0 bridgehead atoms. The average molecular weight is 439 g/mol. The Bertz CT molecular complexity index is 449. The third-order valence-electron chi connectivity index (χ3n) is 4.69. The van der Waals surface area contributed by atoms with Crippen molar-refractivity contribution in [3.8, 4) is 0 Å². The van der Waals surface area contributed by atoms with Crippen molar-refractivity contribution in [3.63, 3.8) is 0 Å². The highest BCUT2D eigenvalue weighted by Gasteiger charge is 2.20. The summed E-state index contributed by atoms with van der Waals surface area (Å²) in [5, 5.41) is 24.0. The van der Waals surface area contributed by atoms with Gasteiger partial charge < -0.3 is 52.9 Å². The predicted octanol–water partition coefficient (Wildman–Crippen LogP) is -6.71. The Hall–Kier alpha value is -2.28. The summed E-state index contributed by atoms with van der Waals surface area (Å²) in [6, 6.07) is 0. The number of carboxylic acid groups (broad SMARTS) is 2. The topological polar surface area (TPSA) is 263 Å². The van der Waals surface area contributed by atoms with Gasteiger partial charge >= 0.3 is 0 Å². The van der Waals surface area contributed by atoms with Crippen molar-refractivity contribution in [1.82, 2.24) is 0 Å². The van der Waals surface area contributed by atoms with Gasteiger partial charge in [0.1, 0.15) is 0 Å². The maximum atomic E-state index is 10.6. The molecule has 2 rings (SSSR count). The van der Waals surface area contributed by atoms with E-state index < -0.39 is 11.9 Å². The summed E-state index contributed by atoms with van der Waals surface area (Å²) < 4.78 is 0. The minimum atomic E-state index is -1.14. The van der Waals surface area contributed by atoms with Crippen LogP contribution in [0.15, 0.2) is 0 Å². The normalized spacial score (nSPS) is 16.1. The highest BCUT2D eigenvalue weighted by atomic mass is 16.4. The summed E-state index contributed by atoms with van der Waals surface area (Å²) in [7, 11) is 0. The van der Waals surface area contributed by atoms with Gasteiger partial charge in [0, 0.05) is 49.5 Å². The zero-order valence-corrected chi connectivity index (χ0v) is 17.4. The van der Waals surface area contributed by atoms with E-state index in [2.05, 4.69) is 10.6 Å². The largest absolute Gasteiger partial charge is 0.550 e. The summed E-state index contributed by atoms with van der Waals surface area (Å²) in [6.45, 7) is 4.25. The third-order valence-corrected chi connectivity index (χ3v) is 4.69. The number of carboxylic acids is 2. The molecular formula is C18H38N4O8. The molecule has 12 N–H and O–H groups in total. The summed E-state index contributed by atoms with van der Waals surface area (Å²) >= 11 is 0. The molecule has 0 aromatic heterocycles. The lowest BCUT2D eigenvalue weighted by Gasteiger charge is -2.16. The van der Waals surface area contributed by atoms with Gasteiger partial charge in [-0.25, -0.2) is 0 Å². The van der Waals surface area contributed by atoms with Crippen LogP contribution in [0.4, 0.5) is 0 Å². The predicted molar refractivity (Wildman–Crippen MR) is 103 cm³/mol. The molecule has 2 saturated heterocycles. The molecular weight excluding hydrogens is 400 g/mol. The lowest BCUT2D eigenvalue weighted by molar-refractivity contribution is -0.664. The average Bonchev–Trinajstić information content (AvgIpc) is 2.67.